The number of Topliss-reactive ketones (excluding diaryl/α,β-unsaturated/α-hetero) is 1. The van der Waals surface area contributed by atoms with E-state index in [1.54, 1.807) is 0 Å². The van der Waals surface area contributed by atoms with Gasteiger partial charge in [0.15, 0.2) is 0 Å². The second-order valence-electron chi connectivity index (χ2n) is 11.1. The Balaban J connectivity index is 1.75. The predicted octanol–water partition coefficient (Wildman–Crippen LogP) is 6.40. The van der Waals surface area contributed by atoms with Gasteiger partial charge >= 0.3 is 0 Å². The number of carbonyl (C=O) groups excluding carboxylic acids is 1. The molecule has 0 bridgehead atoms. The van der Waals surface area contributed by atoms with E-state index in [-0.39, 0.29) is 5.41 Å². The molecule has 4 rings (SSSR count). The molecular formula is C23H38O. The Morgan fingerprint density at radius 3 is 2.25 bits per heavy atom. The van der Waals surface area contributed by atoms with E-state index < -0.39 is 0 Å². The molecule has 136 valence electrons. The molecule has 4 aliphatic rings. The van der Waals surface area contributed by atoms with Crippen LogP contribution in [-0.4, -0.2) is 5.78 Å². The SMILES string of the molecule is CC1(C)C(=O)CCC2(C)C1CCC1(C)C2CCC2CCCCC21C. The third-order valence-corrected chi connectivity index (χ3v) is 10.3. The minimum Gasteiger partial charge on any atom is -0.299 e. The quantitative estimate of drug-likeness (QED) is 0.502. The lowest BCUT2D eigenvalue weighted by molar-refractivity contribution is -0.212. The first-order chi connectivity index (χ1) is 11.2. The lowest BCUT2D eigenvalue weighted by atomic mass is 9.34. The van der Waals surface area contributed by atoms with Gasteiger partial charge in [0.05, 0.1) is 0 Å². The van der Waals surface area contributed by atoms with Crippen molar-refractivity contribution in [1.82, 2.24) is 0 Å². The van der Waals surface area contributed by atoms with E-state index in [1.165, 1.54) is 51.4 Å². The summed E-state index contributed by atoms with van der Waals surface area (Å²) in [4.78, 5) is 12.6. The average molecular weight is 331 g/mol. The van der Waals surface area contributed by atoms with Crippen LogP contribution in [0.25, 0.3) is 0 Å². The lowest BCUT2D eigenvalue weighted by Crippen LogP contribution is -2.64. The first kappa shape index (κ1) is 17.1. The minimum atomic E-state index is -0.0986. The van der Waals surface area contributed by atoms with Gasteiger partial charge in [0.2, 0.25) is 0 Å². The van der Waals surface area contributed by atoms with Crippen molar-refractivity contribution in [3.8, 4) is 0 Å². The van der Waals surface area contributed by atoms with Crippen LogP contribution in [0.5, 0.6) is 0 Å². The van der Waals surface area contributed by atoms with Crippen molar-refractivity contribution in [2.75, 3.05) is 0 Å². The van der Waals surface area contributed by atoms with E-state index in [1.807, 2.05) is 0 Å². The van der Waals surface area contributed by atoms with E-state index in [9.17, 15) is 4.79 Å². The molecule has 0 saturated heterocycles. The van der Waals surface area contributed by atoms with Crippen molar-refractivity contribution in [3.63, 3.8) is 0 Å². The summed E-state index contributed by atoms with van der Waals surface area (Å²) in [5, 5.41) is 0. The minimum absolute atomic E-state index is 0.0986. The molecule has 0 heterocycles. The largest absolute Gasteiger partial charge is 0.299 e. The Kier molecular flexibility index (Phi) is 3.64. The average Bonchev–Trinajstić information content (AvgIpc) is 2.52. The van der Waals surface area contributed by atoms with E-state index in [0.29, 0.717) is 27.9 Å². The van der Waals surface area contributed by atoms with Crippen molar-refractivity contribution in [2.45, 2.75) is 98.8 Å². The first-order valence-electron chi connectivity index (χ1n) is 10.7. The molecule has 1 heteroatoms. The summed E-state index contributed by atoms with van der Waals surface area (Å²) in [5.41, 5.74) is 1.33. The molecule has 0 amide bonds. The maximum Gasteiger partial charge on any atom is 0.138 e. The fraction of sp³-hybridized carbons (Fsp3) is 0.957. The van der Waals surface area contributed by atoms with Crippen LogP contribution in [0.1, 0.15) is 98.8 Å². The number of ketones is 1. The molecule has 4 saturated carbocycles. The number of rotatable bonds is 0. The highest BCUT2D eigenvalue weighted by Crippen LogP contribution is 2.73. The molecule has 0 aromatic heterocycles. The molecule has 6 unspecified atom stereocenters. The molecule has 24 heavy (non-hydrogen) atoms. The third kappa shape index (κ3) is 1.91. The number of fused-ring (bicyclic) bond motifs is 5. The second-order valence-corrected chi connectivity index (χ2v) is 11.1. The van der Waals surface area contributed by atoms with Gasteiger partial charge in [0, 0.05) is 11.8 Å². The summed E-state index contributed by atoms with van der Waals surface area (Å²) in [7, 11) is 0. The Labute approximate surface area is 149 Å². The molecule has 0 radical (unpaired) electrons. The maximum atomic E-state index is 12.6. The first-order valence-corrected chi connectivity index (χ1v) is 10.7. The molecule has 0 N–H and O–H groups in total. The topological polar surface area (TPSA) is 17.1 Å². The smallest absolute Gasteiger partial charge is 0.138 e. The van der Waals surface area contributed by atoms with Crippen LogP contribution < -0.4 is 0 Å². The Morgan fingerprint density at radius 1 is 0.750 bits per heavy atom. The van der Waals surface area contributed by atoms with Crippen molar-refractivity contribution in [2.24, 2.45) is 39.4 Å². The van der Waals surface area contributed by atoms with E-state index in [4.69, 9.17) is 0 Å². The fourth-order valence-corrected chi connectivity index (χ4v) is 8.67. The van der Waals surface area contributed by atoms with E-state index >= 15 is 0 Å². The van der Waals surface area contributed by atoms with Crippen LogP contribution in [0.2, 0.25) is 0 Å². The summed E-state index contributed by atoms with van der Waals surface area (Å²) >= 11 is 0. The van der Waals surface area contributed by atoms with Crippen LogP contribution in [0.15, 0.2) is 0 Å². The van der Waals surface area contributed by atoms with Crippen molar-refractivity contribution in [3.05, 3.63) is 0 Å². The Morgan fingerprint density at radius 2 is 1.50 bits per heavy atom. The summed E-state index contributed by atoms with van der Waals surface area (Å²) in [6.07, 6.45) is 13.3. The van der Waals surface area contributed by atoms with Gasteiger partial charge < -0.3 is 0 Å². The van der Waals surface area contributed by atoms with E-state index in [0.717, 1.165) is 24.7 Å². The second kappa shape index (κ2) is 5.10. The standard InChI is InChI=1S/C23H38O/c1-20(2)17-11-15-23(5)18(21(17,3)14-12-19(20)24)10-9-16-8-6-7-13-22(16,23)4/h16-18H,6-15H2,1-5H3. The molecule has 4 aliphatic carbocycles. The van der Waals surface area contributed by atoms with Crippen molar-refractivity contribution < 1.29 is 4.79 Å². The molecule has 6 atom stereocenters. The Bertz CT molecular complexity index is 548. The van der Waals surface area contributed by atoms with Gasteiger partial charge in [-0.25, -0.2) is 0 Å². The summed E-state index contributed by atoms with van der Waals surface area (Å²) in [5.74, 6) is 2.93. The molecule has 0 spiro atoms. The molecule has 0 aromatic carbocycles. The van der Waals surface area contributed by atoms with Crippen LogP contribution in [-0.2, 0) is 4.79 Å². The molecular weight excluding hydrogens is 292 g/mol. The summed E-state index contributed by atoms with van der Waals surface area (Å²) in [6, 6.07) is 0. The number of hydrogen-bond donors (Lipinski definition) is 0. The molecule has 4 fully saturated rings. The highest BCUT2D eigenvalue weighted by atomic mass is 16.1. The number of hydrogen-bond acceptors (Lipinski definition) is 1. The summed E-state index contributed by atoms with van der Waals surface area (Å²) < 4.78 is 0. The third-order valence-electron chi connectivity index (χ3n) is 10.3. The molecule has 0 aromatic rings. The van der Waals surface area contributed by atoms with Gasteiger partial charge in [-0.2, -0.15) is 0 Å². The maximum absolute atomic E-state index is 12.6. The van der Waals surface area contributed by atoms with Crippen molar-refractivity contribution in [1.29, 1.82) is 0 Å². The van der Waals surface area contributed by atoms with Crippen LogP contribution in [0.3, 0.4) is 0 Å². The fourth-order valence-electron chi connectivity index (χ4n) is 8.67. The van der Waals surface area contributed by atoms with Crippen molar-refractivity contribution >= 4 is 5.78 Å². The van der Waals surface area contributed by atoms with Gasteiger partial charge in [-0.15, -0.1) is 0 Å². The highest BCUT2D eigenvalue weighted by Gasteiger charge is 2.66. The van der Waals surface area contributed by atoms with Gasteiger partial charge in [-0.05, 0) is 78.9 Å². The van der Waals surface area contributed by atoms with E-state index in [2.05, 4.69) is 34.6 Å². The number of carbonyl (C=O) groups is 1. The van der Waals surface area contributed by atoms with Gasteiger partial charge in [0.25, 0.3) is 0 Å². The molecule has 0 aliphatic heterocycles. The monoisotopic (exact) mass is 330 g/mol. The lowest BCUT2D eigenvalue weighted by Gasteiger charge is -2.70. The van der Waals surface area contributed by atoms with Gasteiger partial charge in [0.1, 0.15) is 5.78 Å². The van der Waals surface area contributed by atoms with Gasteiger partial charge in [-0.3, -0.25) is 4.79 Å². The summed E-state index contributed by atoms with van der Waals surface area (Å²) in [6.45, 7) is 12.4. The van der Waals surface area contributed by atoms with Crippen LogP contribution in [0, 0.1) is 39.4 Å². The van der Waals surface area contributed by atoms with Crippen LogP contribution in [0.4, 0.5) is 0 Å². The van der Waals surface area contributed by atoms with Gasteiger partial charge in [-0.1, -0.05) is 47.5 Å². The Hall–Kier alpha value is -0.330. The van der Waals surface area contributed by atoms with Crippen LogP contribution >= 0.6 is 0 Å². The normalized spacial score (nSPS) is 53.7. The predicted molar refractivity (Wildman–Crippen MR) is 99.7 cm³/mol. The zero-order chi connectivity index (χ0) is 17.4. The zero-order valence-corrected chi connectivity index (χ0v) is 16.7. The molecule has 1 nitrogen and oxygen atoms in total. The highest BCUT2D eigenvalue weighted by molar-refractivity contribution is 5.85. The zero-order valence-electron chi connectivity index (χ0n) is 16.7.